The predicted molar refractivity (Wildman–Crippen MR) is 155 cm³/mol. The molecule has 2 amide bonds. The number of hydrogen-bond donors (Lipinski definition) is 4. The van der Waals surface area contributed by atoms with E-state index in [0.29, 0.717) is 46.5 Å². The summed E-state index contributed by atoms with van der Waals surface area (Å²) in [5.41, 5.74) is 4.71. The smallest absolute Gasteiger partial charge is 0.337 e. The van der Waals surface area contributed by atoms with E-state index >= 15 is 0 Å². The fraction of sp³-hybridized carbons (Fsp3) is 0.276. The molecule has 0 radical (unpaired) electrons. The van der Waals surface area contributed by atoms with Crippen LogP contribution in [0, 0.1) is 17.0 Å². The molecule has 14 heteroatoms. The Morgan fingerprint density at radius 1 is 1.19 bits per heavy atom. The normalized spacial score (nSPS) is 15.5. The third kappa shape index (κ3) is 7.29. The number of hydrazone groups is 1. The Hall–Kier alpha value is -5.37. The number of aryl methyl sites for hydroxylation is 1. The first-order valence-corrected chi connectivity index (χ1v) is 13.2. The number of benzene rings is 2. The number of ether oxygens (including phenoxy) is 3. The van der Waals surface area contributed by atoms with E-state index in [0.717, 1.165) is 5.56 Å². The molecule has 0 spiro atoms. The summed E-state index contributed by atoms with van der Waals surface area (Å²) in [7, 11) is 1.26. The largest absolute Gasteiger partial charge is 0.490 e. The molecule has 226 valence electrons. The molecule has 1 aliphatic heterocycles. The zero-order chi connectivity index (χ0) is 31.1. The number of hydrogen-bond acceptors (Lipinski definition) is 11. The van der Waals surface area contributed by atoms with Crippen molar-refractivity contribution in [2.45, 2.75) is 33.0 Å². The molecule has 1 aliphatic rings. The summed E-state index contributed by atoms with van der Waals surface area (Å²) < 4.78 is 22.0. The lowest BCUT2D eigenvalue weighted by Crippen LogP contribution is -2.45. The molecule has 0 saturated heterocycles. The number of carbonyl (C=O) groups excluding carboxylic acids is 2. The van der Waals surface area contributed by atoms with Crippen LogP contribution >= 0.6 is 0 Å². The summed E-state index contributed by atoms with van der Waals surface area (Å²) in [6.45, 7) is 5.25. The minimum absolute atomic E-state index is 0.0704. The Balaban J connectivity index is 1.40. The van der Waals surface area contributed by atoms with Gasteiger partial charge in [-0.25, -0.2) is 9.59 Å². The number of rotatable bonds is 12. The van der Waals surface area contributed by atoms with Gasteiger partial charge in [0, 0.05) is 11.8 Å². The Morgan fingerprint density at radius 3 is 2.70 bits per heavy atom. The fourth-order valence-corrected chi connectivity index (χ4v) is 4.38. The zero-order valence-electron chi connectivity index (χ0n) is 23.9. The number of furan rings is 1. The van der Waals surface area contributed by atoms with Crippen molar-refractivity contribution in [3.8, 4) is 22.8 Å². The second-order valence-corrected chi connectivity index (χ2v) is 9.39. The van der Waals surface area contributed by atoms with E-state index in [1.165, 1.54) is 19.4 Å². The standard InChI is InChI=1S/C29H31N5O9/c1-5-41-24-13-18(27-26(28(36)40-4)17(3)31-29(37)32-27)7-10-23(24)42-15-25(35)33-30-14-19-8-11-22(43-19)20-9-6-16(2)12-21(20)34(38)39/h6-14,25,27,33,35H,5,15H2,1-4H3,(H2,31,32,37)/b30-14+/t25-,27+/m0/s1. The van der Waals surface area contributed by atoms with Crippen molar-refractivity contribution in [3.63, 3.8) is 0 Å². The van der Waals surface area contributed by atoms with Crippen LogP contribution in [0.4, 0.5) is 10.5 Å². The van der Waals surface area contributed by atoms with Gasteiger partial charge in [-0.15, -0.1) is 0 Å². The molecule has 3 aromatic rings. The lowest BCUT2D eigenvalue weighted by atomic mass is 9.95. The molecule has 4 rings (SSSR count). The number of nitro groups is 1. The molecule has 4 N–H and O–H groups in total. The monoisotopic (exact) mass is 593 g/mol. The second kappa shape index (κ2) is 13.5. The van der Waals surface area contributed by atoms with Crippen molar-refractivity contribution in [2.24, 2.45) is 5.10 Å². The van der Waals surface area contributed by atoms with Crippen molar-refractivity contribution in [2.75, 3.05) is 20.3 Å². The number of nitrogens with zero attached hydrogens (tertiary/aromatic N) is 2. The summed E-state index contributed by atoms with van der Waals surface area (Å²) >= 11 is 0. The zero-order valence-corrected chi connectivity index (χ0v) is 23.9. The van der Waals surface area contributed by atoms with Crippen LogP contribution in [-0.2, 0) is 9.53 Å². The van der Waals surface area contributed by atoms with Gasteiger partial charge in [0.15, 0.2) is 17.7 Å². The summed E-state index contributed by atoms with van der Waals surface area (Å²) in [6, 6.07) is 11.7. The molecule has 14 nitrogen and oxygen atoms in total. The molecular formula is C29H31N5O9. The maximum atomic E-state index is 12.4. The van der Waals surface area contributed by atoms with E-state index in [2.05, 4.69) is 21.2 Å². The van der Waals surface area contributed by atoms with Crippen LogP contribution in [0.2, 0.25) is 0 Å². The van der Waals surface area contributed by atoms with Crippen molar-refractivity contribution in [1.29, 1.82) is 0 Å². The number of nitro benzene ring substituents is 1. The molecule has 0 aliphatic carbocycles. The number of esters is 1. The third-order valence-corrected chi connectivity index (χ3v) is 6.33. The number of allylic oxidation sites excluding steroid dienone is 1. The highest BCUT2D eigenvalue weighted by Crippen LogP contribution is 2.35. The van der Waals surface area contributed by atoms with Gasteiger partial charge in [0.1, 0.15) is 18.1 Å². The minimum atomic E-state index is -1.22. The number of urea groups is 1. The van der Waals surface area contributed by atoms with Crippen LogP contribution in [0.1, 0.15) is 36.8 Å². The first kappa shape index (κ1) is 30.6. The van der Waals surface area contributed by atoms with Gasteiger partial charge in [0.25, 0.3) is 5.69 Å². The highest BCUT2D eigenvalue weighted by atomic mass is 16.6. The van der Waals surface area contributed by atoms with Crippen molar-refractivity contribution in [1.82, 2.24) is 16.1 Å². The second-order valence-electron chi connectivity index (χ2n) is 9.39. The van der Waals surface area contributed by atoms with Crippen LogP contribution in [0.5, 0.6) is 11.5 Å². The van der Waals surface area contributed by atoms with Crippen molar-refractivity contribution >= 4 is 23.9 Å². The fourth-order valence-electron chi connectivity index (χ4n) is 4.38. The molecule has 0 fully saturated rings. The Kier molecular flexibility index (Phi) is 9.62. The van der Waals surface area contributed by atoms with E-state index < -0.39 is 29.2 Å². The molecule has 2 atom stereocenters. The lowest BCUT2D eigenvalue weighted by molar-refractivity contribution is -0.384. The summed E-state index contributed by atoms with van der Waals surface area (Å²) in [6.07, 6.45) is 0.0905. The van der Waals surface area contributed by atoms with Crippen LogP contribution in [0.15, 0.2) is 69.3 Å². The summed E-state index contributed by atoms with van der Waals surface area (Å²) in [5.74, 6) is 0.660. The van der Waals surface area contributed by atoms with Gasteiger partial charge in [0.2, 0.25) is 0 Å². The van der Waals surface area contributed by atoms with Crippen LogP contribution in [0.25, 0.3) is 11.3 Å². The molecule has 43 heavy (non-hydrogen) atoms. The topological polar surface area (TPSA) is 187 Å². The van der Waals surface area contributed by atoms with Crippen molar-refractivity contribution in [3.05, 3.63) is 86.8 Å². The number of aliphatic hydroxyl groups excluding tert-OH is 1. The molecular weight excluding hydrogens is 562 g/mol. The molecule has 0 saturated carbocycles. The SMILES string of the molecule is CCOc1cc([C@H]2NC(=O)NC(C)=C2C(=O)OC)ccc1OC[C@H](O)N/N=C/c1ccc(-c2ccc(C)cc2[N+](=O)[O-])o1. The Labute approximate surface area is 246 Å². The van der Waals surface area contributed by atoms with E-state index in [-0.39, 0.29) is 17.9 Å². The molecule has 1 aromatic heterocycles. The number of nitrogens with one attached hydrogen (secondary N) is 3. The third-order valence-electron chi connectivity index (χ3n) is 6.33. The number of carbonyl (C=O) groups is 2. The molecule has 0 unspecified atom stereocenters. The van der Waals surface area contributed by atoms with Gasteiger partial charge in [0.05, 0.1) is 42.0 Å². The maximum absolute atomic E-state index is 12.4. The van der Waals surface area contributed by atoms with Gasteiger partial charge >= 0.3 is 12.0 Å². The maximum Gasteiger partial charge on any atom is 0.337 e. The molecule has 0 bridgehead atoms. The average Bonchev–Trinajstić information content (AvgIpc) is 3.44. The summed E-state index contributed by atoms with van der Waals surface area (Å²) in [4.78, 5) is 35.5. The predicted octanol–water partition coefficient (Wildman–Crippen LogP) is 3.68. The molecule has 2 aromatic carbocycles. The number of methoxy groups -OCH3 is 1. The first-order chi connectivity index (χ1) is 20.6. The van der Waals surface area contributed by atoms with Crippen LogP contribution < -0.4 is 25.5 Å². The minimum Gasteiger partial charge on any atom is -0.490 e. The van der Waals surface area contributed by atoms with Crippen LogP contribution in [-0.4, -0.2) is 54.8 Å². The first-order valence-electron chi connectivity index (χ1n) is 13.2. The van der Waals surface area contributed by atoms with Gasteiger partial charge in [-0.05, 0) is 62.2 Å². The average molecular weight is 594 g/mol. The molecule has 2 heterocycles. The van der Waals surface area contributed by atoms with Crippen LogP contribution in [0.3, 0.4) is 0 Å². The Bertz CT molecular complexity index is 1580. The lowest BCUT2D eigenvalue weighted by Gasteiger charge is -2.28. The van der Waals surface area contributed by atoms with E-state index in [4.69, 9.17) is 18.6 Å². The van der Waals surface area contributed by atoms with Gasteiger partial charge in [-0.1, -0.05) is 12.1 Å². The number of amides is 2. The van der Waals surface area contributed by atoms with Gasteiger partial charge in [-0.2, -0.15) is 5.10 Å². The van der Waals surface area contributed by atoms with E-state index in [9.17, 15) is 24.8 Å². The van der Waals surface area contributed by atoms with E-state index in [1.807, 2.05) is 0 Å². The highest BCUT2D eigenvalue weighted by Gasteiger charge is 2.32. The van der Waals surface area contributed by atoms with E-state index in [1.54, 1.807) is 63.2 Å². The Morgan fingerprint density at radius 2 is 1.98 bits per heavy atom. The highest BCUT2D eigenvalue weighted by molar-refractivity contribution is 5.95. The van der Waals surface area contributed by atoms with Crippen molar-refractivity contribution < 1.29 is 38.2 Å². The summed E-state index contributed by atoms with van der Waals surface area (Å²) in [5, 5.41) is 31.0. The van der Waals surface area contributed by atoms with Gasteiger partial charge < -0.3 is 34.4 Å². The quantitative estimate of drug-likeness (QED) is 0.0793. The van der Waals surface area contributed by atoms with Gasteiger partial charge in [-0.3, -0.25) is 15.5 Å². The number of aliphatic hydroxyl groups is 1.